The van der Waals surface area contributed by atoms with Crippen molar-refractivity contribution in [3.05, 3.63) is 46.8 Å². The first kappa shape index (κ1) is 28.5. The van der Waals surface area contributed by atoms with Crippen LogP contribution in [0.4, 0.5) is 0 Å². The van der Waals surface area contributed by atoms with Crippen LogP contribution in [0.2, 0.25) is 0 Å². The third kappa shape index (κ3) is 6.01. The largest absolute Gasteiger partial charge is 0.490 e. The van der Waals surface area contributed by atoms with E-state index in [1.165, 1.54) is 6.42 Å². The Balaban J connectivity index is 1.44. The highest BCUT2D eigenvalue weighted by Gasteiger charge is 2.40. The number of aliphatic hydroxyl groups excluding tert-OH is 1. The topological polar surface area (TPSA) is 104 Å². The Labute approximate surface area is 240 Å². The lowest BCUT2D eigenvalue weighted by Gasteiger charge is -2.35. The number of benzene rings is 2. The van der Waals surface area contributed by atoms with Crippen LogP contribution in [0.25, 0.3) is 22.0 Å². The van der Waals surface area contributed by atoms with Crippen molar-refractivity contribution in [3.63, 3.8) is 0 Å². The molecule has 1 aromatic heterocycles. The molecule has 0 radical (unpaired) electrons. The first-order valence-corrected chi connectivity index (χ1v) is 15.4. The highest BCUT2D eigenvalue weighted by Crippen LogP contribution is 2.41. The van der Waals surface area contributed by atoms with Gasteiger partial charge in [-0.1, -0.05) is 49.6 Å². The van der Waals surface area contributed by atoms with Crippen LogP contribution in [0, 0.1) is 5.92 Å². The molecule has 214 valence electrons. The zero-order chi connectivity index (χ0) is 28.1. The summed E-state index contributed by atoms with van der Waals surface area (Å²) in [6.45, 7) is 2.62. The van der Waals surface area contributed by atoms with E-state index in [4.69, 9.17) is 9.72 Å². The van der Waals surface area contributed by atoms with Gasteiger partial charge in [0.15, 0.2) is 0 Å². The number of aliphatic hydroxyl groups is 1. The molecular weight excluding hydrogens is 524 g/mol. The van der Waals surface area contributed by atoms with Crippen LogP contribution >= 0.6 is 11.3 Å². The molecule has 5 rings (SSSR count). The van der Waals surface area contributed by atoms with Gasteiger partial charge in [-0.3, -0.25) is 9.59 Å². The van der Waals surface area contributed by atoms with Crippen molar-refractivity contribution >= 4 is 33.9 Å². The van der Waals surface area contributed by atoms with E-state index in [9.17, 15) is 14.7 Å². The SMILES string of the molecule is CN[C@@H](C)C(=O)N[C@H](C(=O)N1CCC[C@H]1c1nc(-c2c(OCCO)ccc3ccccc23)cs1)C1CCCCC1. The number of likely N-dealkylation sites (tertiary alicyclic amines) is 1. The molecule has 1 aliphatic heterocycles. The van der Waals surface area contributed by atoms with Gasteiger partial charge in [0, 0.05) is 11.9 Å². The van der Waals surface area contributed by atoms with E-state index in [2.05, 4.69) is 22.8 Å². The monoisotopic (exact) mass is 564 g/mol. The Morgan fingerprint density at radius 3 is 2.70 bits per heavy atom. The summed E-state index contributed by atoms with van der Waals surface area (Å²) in [5.41, 5.74) is 1.71. The molecule has 3 N–H and O–H groups in total. The lowest BCUT2D eigenvalue weighted by Crippen LogP contribution is -2.55. The number of hydrogen-bond donors (Lipinski definition) is 3. The number of nitrogens with zero attached hydrogens (tertiary/aromatic N) is 2. The summed E-state index contributed by atoms with van der Waals surface area (Å²) in [6.07, 6.45) is 7.05. The molecule has 1 saturated carbocycles. The lowest BCUT2D eigenvalue weighted by atomic mass is 9.83. The predicted molar refractivity (Wildman–Crippen MR) is 158 cm³/mol. The summed E-state index contributed by atoms with van der Waals surface area (Å²) in [7, 11) is 1.76. The molecule has 2 amide bonds. The Morgan fingerprint density at radius 1 is 1.12 bits per heavy atom. The highest BCUT2D eigenvalue weighted by atomic mass is 32.1. The van der Waals surface area contributed by atoms with Crippen LogP contribution in [0.15, 0.2) is 41.8 Å². The van der Waals surface area contributed by atoms with Crippen LogP contribution in [-0.2, 0) is 9.59 Å². The maximum Gasteiger partial charge on any atom is 0.246 e. The Hall–Kier alpha value is -3.01. The third-order valence-corrected chi connectivity index (χ3v) is 9.30. The molecule has 2 fully saturated rings. The maximum atomic E-state index is 14.1. The number of carbonyl (C=O) groups is 2. The minimum absolute atomic E-state index is 0.0138. The lowest BCUT2D eigenvalue weighted by molar-refractivity contribution is -0.139. The van der Waals surface area contributed by atoms with Crippen molar-refractivity contribution in [2.75, 3.05) is 26.8 Å². The second kappa shape index (κ2) is 13.1. The van der Waals surface area contributed by atoms with Gasteiger partial charge in [-0.25, -0.2) is 4.98 Å². The summed E-state index contributed by atoms with van der Waals surface area (Å²) in [4.78, 5) is 34.0. The van der Waals surface area contributed by atoms with Crippen molar-refractivity contribution in [1.82, 2.24) is 20.5 Å². The molecule has 40 heavy (non-hydrogen) atoms. The standard InChI is InChI=1S/C31H40N4O4S/c1-20(32-2)29(37)34-28(22-10-4-3-5-11-22)31(38)35-16-8-13-25(35)30-33-24(19-40-30)27-23-12-7-6-9-21(23)14-15-26(27)39-18-17-36/h6-7,9,12,14-15,19-20,22,25,28,32,36H,3-5,8,10-11,13,16-18H2,1-2H3,(H,34,37)/t20-,25-,28-/m0/s1. The summed E-state index contributed by atoms with van der Waals surface area (Å²) in [5, 5.41) is 20.5. The fourth-order valence-electron chi connectivity index (χ4n) is 6.07. The van der Waals surface area contributed by atoms with Gasteiger partial charge >= 0.3 is 0 Å². The van der Waals surface area contributed by atoms with E-state index in [-0.39, 0.29) is 43.0 Å². The Bertz CT molecular complexity index is 1320. The number of fused-ring (bicyclic) bond motifs is 1. The maximum absolute atomic E-state index is 14.1. The smallest absolute Gasteiger partial charge is 0.246 e. The average molecular weight is 565 g/mol. The highest BCUT2D eigenvalue weighted by molar-refractivity contribution is 7.10. The molecule has 8 nitrogen and oxygen atoms in total. The van der Waals surface area contributed by atoms with E-state index < -0.39 is 6.04 Å². The van der Waals surface area contributed by atoms with E-state index in [1.807, 2.05) is 41.5 Å². The average Bonchev–Trinajstić information content (AvgIpc) is 3.68. The minimum Gasteiger partial charge on any atom is -0.490 e. The molecule has 2 aliphatic rings. The van der Waals surface area contributed by atoms with Gasteiger partial charge < -0.3 is 25.4 Å². The van der Waals surface area contributed by atoms with Crippen LogP contribution in [0.1, 0.15) is 62.9 Å². The van der Waals surface area contributed by atoms with Crippen molar-refractivity contribution in [3.8, 4) is 17.0 Å². The zero-order valence-electron chi connectivity index (χ0n) is 23.4. The van der Waals surface area contributed by atoms with Gasteiger partial charge in [0.2, 0.25) is 11.8 Å². The number of aromatic nitrogens is 1. The molecule has 2 aromatic carbocycles. The van der Waals surface area contributed by atoms with Crippen molar-refractivity contribution in [2.24, 2.45) is 5.92 Å². The number of carbonyl (C=O) groups excluding carboxylic acids is 2. The third-order valence-electron chi connectivity index (χ3n) is 8.35. The van der Waals surface area contributed by atoms with Crippen LogP contribution < -0.4 is 15.4 Å². The van der Waals surface area contributed by atoms with E-state index in [0.717, 1.165) is 65.6 Å². The quantitative estimate of drug-likeness (QED) is 0.331. The molecule has 1 saturated heterocycles. The summed E-state index contributed by atoms with van der Waals surface area (Å²) >= 11 is 1.57. The Kier molecular flexibility index (Phi) is 9.34. The molecule has 0 unspecified atom stereocenters. The predicted octanol–water partition coefficient (Wildman–Crippen LogP) is 4.67. The molecule has 2 heterocycles. The number of nitrogens with one attached hydrogen (secondary N) is 2. The fraction of sp³-hybridized carbons (Fsp3) is 0.516. The molecule has 3 atom stereocenters. The molecule has 0 bridgehead atoms. The second-order valence-corrected chi connectivity index (χ2v) is 11.8. The van der Waals surface area contributed by atoms with Gasteiger partial charge in [-0.2, -0.15) is 0 Å². The van der Waals surface area contributed by atoms with Gasteiger partial charge in [-0.15, -0.1) is 11.3 Å². The molecule has 1 aliphatic carbocycles. The fourth-order valence-corrected chi connectivity index (χ4v) is 7.03. The number of hydrogen-bond acceptors (Lipinski definition) is 7. The first-order chi connectivity index (χ1) is 19.5. The zero-order valence-corrected chi connectivity index (χ0v) is 24.2. The second-order valence-electron chi connectivity index (χ2n) is 10.9. The number of likely N-dealkylation sites (N-methyl/N-ethyl adjacent to an activating group) is 1. The van der Waals surface area contributed by atoms with Crippen LogP contribution in [0.3, 0.4) is 0 Å². The molecule has 3 aromatic rings. The summed E-state index contributed by atoms with van der Waals surface area (Å²) in [5.74, 6) is 0.719. The number of rotatable bonds is 10. The van der Waals surface area contributed by atoms with Gasteiger partial charge in [0.1, 0.15) is 23.4 Å². The minimum atomic E-state index is -0.514. The normalized spacial score (nSPS) is 19.5. The summed E-state index contributed by atoms with van der Waals surface area (Å²) in [6, 6.07) is 11.1. The molecular formula is C31H40N4O4S. The van der Waals surface area contributed by atoms with E-state index >= 15 is 0 Å². The van der Waals surface area contributed by atoms with Crippen molar-refractivity contribution in [1.29, 1.82) is 0 Å². The van der Waals surface area contributed by atoms with E-state index in [0.29, 0.717) is 12.3 Å². The van der Waals surface area contributed by atoms with Gasteiger partial charge in [0.05, 0.1) is 29.9 Å². The van der Waals surface area contributed by atoms with Crippen molar-refractivity contribution < 1.29 is 19.4 Å². The number of ether oxygens (including phenoxy) is 1. The van der Waals surface area contributed by atoms with E-state index in [1.54, 1.807) is 18.4 Å². The number of amides is 2. The van der Waals surface area contributed by atoms with Gasteiger partial charge in [-0.05, 0) is 62.4 Å². The summed E-state index contributed by atoms with van der Waals surface area (Å²) < 4.78 is 5.91. The van der Waals surface area contributed by atoms with Crippen LogP contribution in [-0.4, -0.2) is 65.7 Å². The molecule has 9 heteroatoms. The molecule has 0 spiro atoms. The number of thiazole rings is 1. The van der Waals surface area contributed by atoms with Crippen LogP contribution in [0.5, 0.6) is 5.75 Å². The first-order valence-electron chi connectivity index (χ1n) is 14.5. The van der Waals surface area contributed by atoms with Gasteiger partial charge in [0.25, 0.3) is 0 Å². The Morgan fingerprint density at radius 2 is 1.93 bits per heavy atom. The van der Waals surface area contributed by atoms with Crippen molar-refractivity contribution in [2.45, 2.75) is 70.0 Å².